The second-order valence-corrected chi connectivity index (χ2v) is 5.77. The number of para-hydroxylation sites is 1. The minimum Gasteiger partial charge on any atom is -0.311 e. The largest absolute Gasteiger partial charge is 0.311 e. The molecule has 3 rings (SSSR count). The summed E-state index contributed by atoms with van der Waals surface area (Å²) >= 11 is 3.65. The average molecular weight is 342 g/mol. The lowest BCUT2D eigenvalue weighted by atomic mass is 10.1. The Morgan fingerprint density at radius 3 is 2.71 bits per heavy atom. The van der Waals surface area contributed by atoms with Gasteiger partial charge in [0.2, 0.25) is 0 Å². The zero-order valence-electron chi connectivity index (χ0n) is 11.8. The van der Waals surface area contributed by atoms with Crippen LogP contribution in [0.25, 0.3) is 10.9 Å². The molecule has 0 bridgehead atoms. The van der Waals surface area contributed by atoms with Crippen molar-refractivity contribution >= 4 is 26.8 Å². The lowest BCUT2D eigenvalue weighted by Gasteiger charge is -2.17. The van der Waals surface area contributed by atoms with Crippen LogP contribution in [0.4, 0.5) is 0 Å². The van der Waals surface area contributed by atoms with Crippen LogP contribution in [0.3, 0.4) is 0 Å². The number of fused-ring (bicyclic) bond motifs is 1. The highest BCUT2D eigenvalue weighted by molar-refractivity contribution is 9.10. The normalized spacial score (nSPS) is 12.5. The fourth-order valence-electron chi connectivity index (χ4n) is 2.41. The fourth-order valence-corrected chi connectivity index (χ4v) is 3.02. The lowest BCUT2D eigenvalue weighted by molar-refractivity contribution is 0.568. The standard InChI is InChI=1S/C17H16BrN3/c1-19-16(11-13-7-4-5-9-20-13)17-14(18)10-12-6-2-3-8-15(12)21-17/h2-10,16,19H,11H2,1H3. The molecule has 0 spiro atoms. The second-order valence-electron chi connectivity index (χ2n) is 4.91. The number of pyridine rings is 2. The van der Waals surface area contributed by atoms with Gasteiger partial charge in [-0.2, -0.15) is 0 Å². The van der Waals surface area contributed by atoms with Gasteiger partial charge in [-0.25, -0.2) is 4.98 Å². The Bertz CT molecular complexity index is 743. The van der Waals surface area contributed by atoms with E-state index >= 15 is 0 Å². The summed E-state index contributed by atoms with van der Waals surface area (Å²) in [6, 6.07) is 16.4. The van der Waals surface area contributed by atoms with Crippen LogP contribution < -0.4 is 5.32 Å². The molecule has 0 saturated carbocycles. The van der Waals surface area contributed by atoms with Gasteiger partial charge in [0.05, 0.1) is 17.3 Å². The summed E-state index contributed by atoms with van der Waals surface area (Å²) in [5, 5.41) is 4.48. The molecule has 0 aliphatic heterocycles. The highest BCUT2D eigenvalue weighted by Gasteiger charge is 2.16. The van der Waals surface area contributed by atoms with Crippen molar-refractivity contribution in [2.75, 3.05) is 7.05 Å². The van der Waals surface area contributed by atoms with Gasteiger partial charge in [0.15, 0.2) is 0 Å². The van der Waals surface area contributed by atoms with Crippen molar-refractivity contribution in [3.8, 4) is 0 Å². The van der Waals surface area contributed by atoms with Gasteiger partial charge in [-0.15, -0.1) is 0 Å². The minimum absolute atomic E-state index is 0.124. The number of nitrogens with zero attached hydrogens (tertiary/aromatic N) is 2. The fraction of sp³-hybridized carbons (Fsp3) is 0.176. The Balaban J connectivity index is 1.98. The molecule has 0 saturated heterocycles. The predicted molar refractivity (Wildman–Crippen MR) is 89.2 cm³/mol. The molecule has 106 valence electrons. The summed E-state index contributed by atoms with van der Waals surface area (Å²) < 4.78 is 1.02. The van der Waals surface area contributed by atoms with E-state index in [0.29, 0.717) is 0 Å². The molecule has 0 radical (unpaired) electrons. The van der Waals surface area contributed by atoms with Crippen molar-refractivity contribution in [2.45, 2.75) is 12.5 Å². The van der Waals surface area contributed by atoms with Gasteiger partial charge < -0.3 is 5.32 Å². The van der Waals surface area contributed by atoms with Gasteiger partial charge in [0.1, 0.15) is 0 Å². The maximum absolute atomic E-state index is 4.80. The minimum atomic E-state index is 0.124. The topological polar surface area (TPSA) is 37.8 Å². The van der Waals surface area contributed by atoms with Gasteiger partial charge in [-0.3, -0.25) is 4.98 Å². The van der Waals surface area contributed by atoms with Gasteiger partial charge in [-0.05, 0) is 47.2 Å². The van der Waals surface area contributed by atoms with E-state index in [-0.39, 0.29) is 6.04 Å². The average Bonchev–Trinajstić information content (AvgIpc) is 2.53. The molecule has 4 heteroatoms. The first-order chi connectivity index (χ1) is 10.3. The molecule has 2 aromatic heterocycles. The number of aromatic nitrogens is 2. The van der Waals surface area contributed by atoms with E-state index < -0.39 is 0 Å². The summed E-state index contributed by atoms with van der Waals surface area (Å²) in [5.74, 6) is 0. The van der Waals surface area contributed by atoms with E-state index in [1.807, 2.05) is 49.6 Å². The number of likely N-dealkylation sites (N-methyl/N-ethyl adjacent to an activating group) is 1. The maximum Gasteiger partial charge on any atom is 0.0726 e. The number of halogens is 1. The van der Waals surface area contributed by atoms with E-state index in [1.54, 1.807) is 0 Å². The third-order valence-corrected chi connectivity index (χ3v) is 4.16. The van der Waals surface area contributed by atoms with Crippen molar-refractivity contribution in [3.63, 3.8) is 0 Å². The van der Waals surface area contributed by atoms with Gasteiger partial charge in [-0.1, -0.05) is 24.3 Å². The molecule has 21 heavy (non-hydrogen) atoms. The molecule has 2 heterocycles. The predicted octanol–water partition coefficient (Wildman–Crippen LogP) is 3.90. The summed E-state index contributed by atoms with van der Waals surface area (Å²) in [6.07, 6.45) is 2.63. The van der Waals surface area contributed by atoms with E-state index in [1.165, 1.54) is 0 Å². The maximum atomic E-state index is 4.80. The van der Waals surface area contributed by atoms with Crippen LogP contribution in [0.2, 0.25) is 0 Å². The highest BCUT2D eigenvalue weighted by Crippen LogP contribution is 2.27. The molecule has 0 amide bonds. The first kappa shape index (κ1) is 14.2. The van der Waals surface area contributed by atoms with Crippen molar-refractivity contribution in [3.05, 3.63) is 70.6 Å². The lowest BCUT2D eigenvalue weighted by Crippen LogP contribution is -2.21. The monoisotopic (exact) mass is 341 g/mol. The van der Waals surface area contributed by atoms with Gasteiger partial charge in [0, 0.05) is 28.2 Å². The van der Waals surface area contributed by atoms with Crippen LogP contribution >= 0.6 is 15.9 Å². The van der Waals surface area contributed by atoms with Gasteiger partial charge in [0.25, 0.3) is 0 Å². The van der Waals surface area contributed by atoms with Crippen molar-refractivity contribution in [2.24, 2.45) is 0 Å². The summed E-state index contributed by atoms with van der Waals surface area (Å²) in [6.45, 7) is 0. The van der Waals surface area contributed by atoms with Gasteiger partial charge >= 0.3 is 0 Å². The first-order valence-electron chi connectivity index (χ1n) is 6.90. The number of rotatable bonds is 4. The SMILES string of the molecule is CNC(Cc1ccccn1)c1nc2ccccc2cc1Br. The van der Waals surface area contributed by atoms with E-state index in [4.69, 9.17) is 4.98 Å². The smallest absolute Gasteiger partial charge is 0.0726 e. The van der Waals surface area contributed by atoms with Crippen LogP contribution in [0, 0.1) is 0 Å². The van der Waals surface area contributed by atoms with Crippen molar-refractivity contribution in [1.29, 1.82) is 0 Å². The molecule has 0 aliphatic carbocycles. The Labute approximate surface area is 132 Å². The van der Waals surface area contributed by atoms with Crippen LogP contribution in [-0.4, -0.2) is 17.0 Å². The Morgan fingerprint density at radius 2 is 1.95 bits per heavy atom. The Morgan fingerprint density at radius 1 is 1.14 bits per heavy atom. The molecule has 1 atom stereocenters. The van der Waals surface area contributed by atoms with E-state index in [2.05, 4.69) is 38.4 Å². The molecule has 1 unspecified atom stereocenters. The van der Waals surface area contributed by atoms with Crippen molar-refractivity contribution in [1.82, 2.24) is 15.3 Å². The molecular weight excluding hydrogens is 326 g/mol. The molecule has 0 aliphatic rings. The summed E-state index contributed by atoms with van der Waals surface area (Å²) in [4.78, 5) is 9.21. The molecule has 3 aromatic rings. The van der Waals surface area contributed by atoms with Crippen LogP contribution in [-0.2, 0) is 6.42 Å². The highest BCUT2D eigenvalue weighted by atomic mass is 79.9. The number of hydrogen-bond acceptors (Lipinski definition) is 3. The molecule has 1 aromatic carbocycles. The summed E-state index contributed by atoms with van der Waals surface area (Å²) in [7, 11) is 1.96. The number of nitrogens with one attached hydrogen (secondary N) is 1. The second kappa shape index (κ2) is 6.33. The molecule has 1 N–H and O–H groups in total. The van der Waals surface area contributed by atoms with E-state index in [0.717, 1.165) is 33.2 Å². The van der Waals surface area contributed by atoms with Crippen molar-refractivity contribution < 1.29 is 0 Å². The Kier molecular flexibility index (Phi) is 4.27. The third kappa shape index (κ3) is 3.12. The third-order valence-electron chi connectivity index (χ3n) is 3.52. The van der Waals surface area contributed by atoms with Crippen LogP contribution in [0.15, 0.2) is 59.2 Å². The van der Waals surface area contributed by atoms with Crippen LogP contribution in [0.5, 0.6) is 0 Å². The van der Waals surface area contributed by atoms with E-state index in [9.17, 15) is 0 Å². The molecule has 3 nitrogen and oxygen atoms in total. The molecular formula is C17H16BrN3. The quantitative estimate of drug-likeness (QED) is 0.782. The zero-order valence-corrected chi connectivity index (χ0v) is 13.3. The summed E-state index contributed by atoms with van der Waals surface area (Å²) in [5.41, 5.74) is 3.08. The molecule has 0 fully saturated rings. The number of benzene rings is 1. The zero-order chi connectivity index (χ0) is 14.7. The van der Waals surface area contributed by atoms with Crippen LogP contribution in [0.1, 0.15) is 17.4 Å². The number of hydrogen-bond donors (Lipinski definition) is 1. The Hall–Kier alpha value is -1.78. The first-order valence-corrected chi connectivity index (χ1v) is 7.69.